The number of nitrogens with one attached hydrogen (secondary N) is 1. The van der Waals surface area contributed by atoms with Crippen LogP contribution in [0.25, 0.3) is 0 Å². The lowest BCUT2D eigenvalue weighted by Crippen LogP contribution is -2.37. The van der Waals surface area contributed by atoms with E-state index in [1.807, 2.05) is 60.7 Å². The monoisotopic (exact) mass is 474 g/mol. The van der Waals surface area contributed by atoms with E-state index in [0.29, 0.717) is 0 Å². The molecule has 5 nitrogen and oxygen atoms in total. The fourth-order valence-corrected chi connectivity index (χ4v) is 6.14. The Morgan fingerprint density at radius 2 is 1.20 bits per heavy atom. The van der Waals surface area contributed by atoms with E-state index in [1.165, 1.54) is 12.1 Å². The number of alkyl halides is 3. The molecule has 3 aromatic rings. The van der Waals surface area contributed by atoms with Crippen LogP contribution in [0.2, 0.25) is 0 Å². The smallest absolute Gasteiger partial charge is 0.370 e. The molecule has 0 bridgehead atoms. The van der Waals surface area contributed by atoms with E-state index in [2.05, 4.69) is 4.18 Å². The summed E-state index contributed by atoms with van der Waals surface area (Å²) >= 11 is 0. The highest BCUT2D eigenvalue weighted by atomic mass is 32.3. The molecule has 0 aromatic heterocycles. The quantitative estimate of drug-likeness (QED) is 0.522. The number of halogens is 3. The van der Waals surface area contributed by atoms with Gasteiger partial charge in [-0.05, 0) is 48.5 Å². The van der Waals surface area contributed by atoms with Gasteiger partial charge in [-0.25, -0.2) is 4.21 Å². The SMILES string of the molecule is O=S(NS(=O)(=O)Oc1ccc([S+](c2ccccc2)c2ccccc2)cc1)C(F)(F)F. The Morgan fingerprint density at radius 3 is 1.63 bits per heavy atom. The summed E-state index contributed by atoms with van der Waals surface area (Å²) in [7, 11) is -9.21. The average molecular weight is 475 g/mol. The third kappa shape index (κ3) is 5.85. The fourth-order valence-electron chi connectivity index (χ4n) is 2.44. The molecule has 0 aliphatic heterocycles. The van der Waals surface area contributed by atoms with Gasteiger partial charge in [0.05, 0.1) is 10.9 Å². The summed E-state index contributed by atoms with van der Waals surface area (Å²) in [4.78, 5) is 2.92. The van der Waals surface area contributed by atoms with Gasteiger partial charge in [-0.1, -0.05) is 40.5 Å². The Bertz CT molecular complexity index is 1070. The van der Waals surface area contributed by atoms with Gasteiger partial charge in [-0.3, -0.25) is 0 Å². The first-order valence-electron chi connectivity index (χ1n) is 8.31. The molecule has 1 N–H and O–H groups in total. The van der Waals surface area contributed by atoms with Crippen molar-refractivity contribution in [3.8, 4) is 5.75 Å². The highest BCUT2D eigenvalue weighted by molar-refractivity contribution is 8.00. The van der Waals surface area contributed by atoms with Gasteiger partial charge < -0.3 is 4.18 Å². The number of hydrogen-bond donors (Lipinski definition) is 1. The maximum atomic E-state index is 12.3. The third-order valence-corrected chi connectivity index (χ3v) is 8.10. The van der Waals surface area contributed by atoms with E-state index in [9.17, 15) is 25.8 Å². The van der Waals surface area contributed by atoms with Crippen molar-refractivity contribution in [3.63, 3.8) is 0 Å². The second-order valence-corrected chi connectivity index (χ2v) is 10.5. The number of hydrogen-bond acceptors (Lipinski definition) is 4. The average Bonchev–Trinajstić information content (AvgIpc) is 2.70. The Labute approximate surface area is 177 Å². The summed E-state index contributed by atoms with van der Waals surface area (Å²) in [5.74, 6) is -0.213. The molecule has 11 heteroatoms. The Hall–Kier alpha value is -2.34. The molecule has 158 valence electrons. The lowest BCUT2D eigenvalue weighted by atomic mass is 10.3. The third-order valence-electron chi connectivity index (χ3n) is 3.61. The standard InChI is InChI=1S/C19H15F3NO4S3/c20-19(21,22)29(24)23-30(25,26)27-15-11-13-18(14-12-15)28(16-7-3-1-4-8-16)17-9-5-2-6-10-17/h1-14,23H/q+1. The van der Waals surface area contributed by atoms with Crippen LogP contribution in [0.5, 0.6) is 5.75 Å². The van der Waals surface area contributed by atoms with Crippen LogP contribution in [-0.2, 0) is 32.2 Å². The zero-order valence-electron chi connectivity index (χ0n) is 15.1. The number of rotatable bonds is 7. The summed E-state index contributed by atoms with van der Waals surface area (Å²) in [5.41, 5.74) is -5.24. The van der Waals surface area contributed by atoms with Gasteiger partial charge in [0.1, 0.15) is 5.75 Å². The van der Waals surface area contributed by atoms with Crippen molar-refractivity contribution in [2.24, 2.45) is 0 Å². The zero-order valence-corrected chi connectivity index (χ0v) is 17.5. The minimum Gasteiger partial charge on any atom is -0.370 e. The topological polar surface area (TPSA) is 72.5 Å². The number of benzene rings is 3. The first kappa shape index (κ1) is 22.3. The first-order valence-corrected chi connectivity index (χ1v) is 12.1. The fraction of sp³-hybridized carbons (Fsp3) is 0.0526. The summed E-state index contributed by atoms with van der Waals surface area (Å²) in [6, 6.07) is 25.3. The molecule has 0 aliphatic rings. The maximum Gasteiger partial charge on any atom is 0.486 e. The predicted molar refractivity (Wildman–Crippen MR) is 108 cm³/mol. The van der Waals surface area contributed by atoms with Crippen molar-refractivity contribution in [1.82, 2.24) is 4.13 Å². The van der Waals surface area contributed by atoms with Crippen LogP contribution < -0.4 is 8.31 Å². The molecule has 0 aliphatic carbocycles. The maximum absolute atomic E-state index is 12.3. The molecule has 3 aromatic carbocycles. The molecule has 0 spiro atoms. The van der Waals surface area contributed by atoms with Crippen LogP contribution in [0.3, 0.4) is 0 Å². The second kappa shape index (κ2) is 9.21. The molecule has 30 heavy (non-hydrogen) atoms. The van der Waals surface area contributed by atoms with Gasteiger partial charge in [0.25, 0.3) is 0 Å². The van der Waals surface area contributed by atoms with Crippen LogP contribution in [0.1, 0.15) is 0 Å². The molecular weight excluding hydrogens is 459 g/mol. The van der Waals surface area contributed by atoms with Crippen molar-refractivity contribution < 1.29 is 30.0 Å². The molecule has 0 fully saturated rings. The molecule has 1 unspecified atom stereocenters. The zero-order chi connectivity index (χ0) is 21.8. The molecule has 0 saturated heterocycles. The van der Waals surface area contributed by atoms with Gasteiger partial charge in [0, 0.05) is 0 Å². The molecule has 3 rings (SSSR count). The first-order chi connectivity index (χ1) is 14.2. The molecular formula is C19H15F3NO4S3+. The van der Waals surface area contributed by atoms with Crippen molar-refractivity contribution in [2.75, 3.05) is 0 Å². The highest BCUT2D eigenvalue weighted by Crippen LogP contribution is 2.32. The van der Waals surface area contributed by atoms with Crippen LogP contribution >= 0.6 is 0 Å². The Morgan fingerprint density at radius 1 is 0.767 bits per heavy atom. The van der Waals surface area contributed by atoms with Gasteiger partial charge in [-0.2, -0.15) is 21.6 Å². The molecule has 0 amide bonds. The summed E-state index contributed by atoms with van der Waals surface area (Å²) in [5, 5.41) is 0. The van der Waals surface area contributed by atoms with Crippen molar-refractivity contribution >= 4 is 32.2 Å². The highest BCUT2D eigenvalue weighted by Gasteiger charge is 2.40. The second-order valence-electron chi connectivity index (χ2n) is 5.74. The normalized spacial score (nSPS) is 13.2. The molecule has 0 saturated carbocycles. The van der Waals surface area contributed by atoms with E-state index < -0.39 is 37.7 Å². The van der Waals surface area contributed by atoms with Gasteiger partial charge in [-0.15, -0.1) is 0 Å². The minimum absolute atomic E-state index is 0.213. The van der Waals surface area contributed by atoms with Crippen molar-refractivity contribution in [1.29, 1.82) is 0 Å². The van der Waals surface area contributed by atoms with E-state index in [-0.39, 0.29) is 5.75 Å². The predicted octanol–water partition coefficient (Wildman–Crippen LogP) is 4.18. The Balaban J connectivity index is 1.85. The summed E-state index contributed by atoms with van der Waals surface area (Å²) < 4.78 is 76.8. The van der Waals surface area contributed by atoms with Crippen LogP contribution in [0.15, 0.2) is 99.6 Å². The van der Waals surface area contributed by atoms with Gasteiger partial charge in [0.15, 0.2) is 14.7 Å². The van der Waals surface area contributed by atoms with Gasteiger partial charge in [0.2, 0.25) is 11.0 Å². The molecule has 0 radical (unpaired) electrons. The van der Waals surface area contributed by atoms with E-state index in [4.69, 9.17) is 0 Å². The van der Waals surface area contributed by atoms with Crippen LogP contribution in [0.4, 0.5) is 13.2 Å². The van der Waals surface area contributed by atoms with E-state index in [1.54, 1.807) is 12.1 Å². The lowest BCUT2D eigenvalue weighted by Gasteiger charge is -2.10. The largest absolute Gasteiger partial charge is 0.486 e. The summed E-state index contributed by atoms with van der Waals surface area (Å²) in [6.07, 6.45) is 0. The molecule has 0 heterocycles. The van der Waals surface area contributed by atoms with Crippen LogP contribution in [0, 0.1) is 0 Å². The van der Waals surface area contributed by atoms with Crippen molar-refractivity contribution in [2.45, 2.75) is 20.2 Å². The lowest BCUT2D eigenvalue weighted by molar-refractivity contribution is -0.0389. The summed E-state index contributed by atoms with van der Waals surface area (Å²) in [6.45, 7) is 0. The molecule has 1 atom stereocenters. The minimum atomic E-state index is -5.24. The van der Waals surface area contributed by atoms with E-state index >= 15 is 0 Å². The van der Waals surface area contributed by atoms with Crippen molar-refractivity contribution in [3.05, 3.63) is 84.9 Å². The van der Waals surface area contributed by atoms with Crippen LogP contribution in [-0.4, -0.2) is 18.1 Å². The van der Waals surface area contributed by atoms with Gasteiger partial charge >= 0.3 is 15.8 Å². The Kier molecular flexibility index (Phi) is 6.86. The van der Waals surface area contributed by atoms with E-state index in [0.717, 1.165) is 18.8 Å².